The van der Waals surface area contributed by atoms with Crippen molar-refractivity contribution in [2.45, 2.75) is 13.3 Å². The smallest absolute Gasteiger partial charge is 0.128 e. The molecule has 0 aliphatic carbocycles. The molecule has 0 spiro atoms. The van der Waals surface area contributed by atoms with Crippen molar-refractivity contribution < 1.29 is 0 Å². The molecule has 3 nitrogen and oxygen atoms in total. The van der Waals surface area contributed by atoms with Gasteiger partial charge in [0.25, 0.3) is 0 Å². The third-order valence-corrected chi connectivity index (χ3v) is 2.22. The van der Waals surface area contributed by atoms with Crippen molar-refractivity contribution in [2.75, 3.05) is 18.5 Å². The number of rotatable bonds is 4. The Bertz CT molecular complexity index is 325. The van der Waals surface area contributed by atoms with Gasteiger partial charge in [-0.25, -0.2) is 4.98 Å². The number of nitrogens with two attached hydrogens (primary N) is 1. The van der Waals surface area contributed by atoms with Crippen LogP contribution >= 0.6 is 12.2 Å². The SMILES string of the molecule is CCCN(C)c1cc(C(N)=S)ccn1. The molecule has 1 aromatic heterocycles. The third-order valence-electron chi connectivity index (χ3n) is 1.98. The zero-order chi connectivity index (χ0) is 10.6. The van der Waals surface area contributed by atoms with E-state index in [9.17, 15) is 0 Å². The van der Waals surface area contributed by atoms with E-state index in [1.54, 1.807) is 6.20 Å². The largest absolute Gasteiger partial charge is 0.389 e. The van der Waals surface area contributed by atoms with Crippen LogP contribution in [-0.4, -0.2) is 23.6 Å². The van der Waals surface area contributed by atoms with Crippen molar-refractivity contribution in [1.29, 1.82) is 0 Å². The minimum Gasteiger partial charge on any atom is -0.389 e. The van der Waals surface area contributed by atoms with Crippen LogP contribution in [0.5, 0.6) is 0 Å². The van der Waals surface area contributed by atoms with Gasteiger partial charge >= 0.3 is 0 Å². The summed E-state index contributed by atoms with van der Waals surface area (Å²) >= 11 is 4.90. The highest BCUT2D eigenvalue weighted by atomic mass is 32.1. The number of pyridine rings is 1. The Balaban J connectivity index is 2.87. The van der Waals surface area contributed by atoms with E-state index in [4.69, 9.17) is 18.0 Å². The second-order valence-corrected chi connectivity index (χ2v) is 3.63. The van der Waals surface area contributed by atoms with Crippen molar-refractivity contribution in [1.82, 2.24) is 4.98 Å². The Kier molecular flexibility index (Phi) is 3.83. The van der Waals surface area contributed by atoms with Crippen LogP contribution in [0.1, 0.15) is 18.9 Å². The van der Waals surface area contributed by atoms with Gasteiger partial charge < -0.3 is 10.6 Å². The van der Waals surface area contributed by atoms with E-state index in [0.29, 0.717) is 4.99 Å². The number of nitrogens with zero attached hydrogens (tertiary/aromatic N) is 2. The molecule has 1 aromatic rings. The van der Waals surface area contributed by atoms with Gasteiger partial charge in [0.1, 0.15) is 10.8 Å². The first kappa shape index (κ1) is 10.9. The third kappa shape index (κ3) is 2.67. The molecule has 2 N–H and O–H groups in total. The van der Waals surface area contributed by atoms with E-state index >= 15 is 0 Å². The average molecular weight is 209 g/mol. The zero-order valence-electron chi connectivity index (χ0n) is 8.53. The molecular formula is C10H15N3S. The summed E-state index contributed by atoms with van der Waals surface area (Å²) in [5.74, 6) is 0.914. The number of aromatic nitrogens is 1. The molecule has 0 amide bonds. The average Bonchev–Trinajstić information content (AvgIpc) is 2.18. The normalized spacial score (nSPS) is 9.86. The first-order valence-electron chi connectivity index (χ1n) is 4.62. The van der Waals surface area contributed by atoms with Crippen molar-refractivity contribution in [3.63, 3.8) is 0 Å². The first-order valence-corrected chi connectivity index (χ1v) is 5.03. The van der Waals surface area contributed by atoms with Gasteiger partial charge in [-0.3, -0.25) is 0 Å². The molecule has 1 rings (SSSR count). The minimum atomic E-state index is 0.415. The van der Waals surface area contributed by atoms with E-state index in [1.807, 2.05) is 19.2 Å². The molecule has 4 heteroatoms. The van der Waals surface area contributed by atoms with Gasteiger partial charge in [-0.1, -0.05) is 19.1 Å². The molecular weight excluding hydrogens is 194 g/mol. The maximum absolute atomic E-state index is 5.54. The second-order valence-electron chi connectivity index (χ2n) is 3.19. The maximum Gasteiger partial charge on any atom is 0.128 e. The lowest BCUT2D eigenvalue weighted by Gasteiger charge is -2.17. The molecule has 76 valence electrons. The van der Waals surface area contributed by atoms with Crippen LogP contribution in [0.3, 0.4) is 0 Å². The predicted molar refractivity (Wildman–Crippen MR) is 63.7 cm³/mol. The van der Waals surface area contributed by atoms with Crippen LogP contribution in [-0.2, 0) is 0 Å². The van der Waals surface area contributed by atoms with Crippen LogP contribution in [0.2, 0.25) is 0 Å². The summed E-state index contributed by atoms with van der Waals surface area (Å²) in [6.07, 6.45) is 2.82. The van der Waals surface area contributed by atoms with Crippen LogP contribution in [0.4, 0.5) is 5.82 Å². The number of hydrogen-bond donors (Lipinski definition) is 1. The Hall–Kier alpha value is -1.16. The lowest BCUT2D eigenvalue weighted by Crippen LogP contribution is -2.20. The molecule has 0 aliphatic rings. The Morgan fingerprint density at radius 2 is 2.36 bits per heavy atom. The first-order chi connectivity index (χ1) is 6.65. The Morgan fingerprint density at radius 3 is 2.93 bits per heavy atom. The number of thiocarbonyl (C=S) groups is 1. The van der Waals surface area contributed by atoms with Gasteiger partial charge in [0.2, 0.25) is 0 Å². The lowest BCUT2D eigenvalue weighted by atomic mass is 10.2. The molecule has 0 saturated heterocycles. The van der Waals surface area contributed by atoms with E-state index < -0.39 is 0 Å². The summed E-state index contributed by atoms with van der Waals surface area (Å²) in [5, 5.41) is 0. The Morgan fingerprint density at radius 1 is 1.64 bits per heavy atom. The van der Waals surface area contributed by atoms with E-state index in [2.05, 4.69) is 16.8 Å². The quantitative estimate of drug-likeness (QED) is 0.764. The van der Waals surface area contributed by atoms with Crippen LogP contribution in [0.15, 0.2) is 18.3 Å². The van der Waals surface area contributed by atoms with E-state index in [0.717, 1.165) is 24.3 Å². The highest BCUT2D eigenvalue weighted by Gasteiger charge is 2.03. The minimum absolute atomic E-state index is 0.415. The van der Waals surface area contributed by atoms with Gasteiger partial charge in [0.15, 0.2) is 0 Å². The summed E-state index contributed by atoms with van der Waals surface area (Å²) in [4.78, 5) is 6.75. The number of hydrogen-bond acceptors (Lipinski definition) is 3. The summed E-state index contributed by atoms with van der Waals surface area (Å²) in [5.41, 5.74) is 6.41. The molecule has 0 fully saturated rings. The summed E-state index contributed by atoms with van der Waals surface area (Å²) in [7, 11) is 2.01. The van der Waals surface area contributed by atoms with Gasteiger partial charge in [0, 0.05) is 25.4 Å². The highest BCUT2D eigenvalue weighted by Crippen LogP contribution is 2.11. The molecule has 14 heavy (non-hydrogen) atoms. The second kappa shape index (κ2) is 4.91. The van der Waals surface area contributed by atoms with Gasteiger partial charge in [-0.05, 0) is 18.6 Å². The number of anilines is 1. The highest BCUT2D eigenvalue weighted by molar-refractivity contribution is 7.80. The zero-order valence-corrected chi connectivity index (χ0v) is 9.34. The molecule has 0 saturated carbocycles. The molecule has 0 aromatic carbocycles. The molecule has 1 heterocycles. The summed E-state index contributed by atoms with van der Waals surface area (Å²) in [6.45, 7) is 3.11. The molecule has 0 atom stereocenters. The molecule has 0 unspecified atom stereocenters. The van der Waals surface area contributed by atoms with Gasteiger partial charge in [-0.2, -0.15) is 0 Å². The van der Waals surface area contributed by atoms with Crippen molar-refractivity contribution in [3.8, 4) is 0 Å². The molecule has 0 bridgehead atoms. The van der Waals surface area contributed by atoms with Crippen LogP contribution in [0, 0.1) is 0 Å². The summed E-state index contributed by atoms with van der Waals surface area (Å²) in [6, 6.07) is 3.74. The maximum atomic E-state index is 5.54. The van der Waals surface area contributed by atoms with Gasteiger partial charge in [0.05, 0.1) is 0 Å². The van der Waals surface area contributed by atoms with E-state index in [1.165, 1.54) is 0 Å². The molecule has 0 aliphatic heterocycles. The van der Waals surface area contributed by atoms with Crippen LogP contribution in [0.25, 0.3) is 0 Å². The fraction of sp³-hybridized carbons (Fsp3) is 0.400. The van der Waals surface area contributed by atoms with Gasteiger partial charge in [-0.15, -0.1) is 0 Å². The van der Waals surface area contributed by atoms with Crippen molar-refractivity contribution >= 4 is 23.0 Å². The van der Waals surface area contributed by atoms with Crippen molar-refractivity contribution in [2.24, 2.45) is 5.73 Å². The molecule has 0 radical (unpaired) electrons. The standard InChI is InChI=1S/C10H15N3S/c1-3-6-13(2)9-7-8(10(11)14)4-5-12-9/h4-5,7H,3,6H2,1-2H3,(H2,11,14). The summed E-state index contributed by atoms with van der Waals surface area (Å²) < 4.78 is 0. The van der Waals surface area contributed by atoms with E-state index in [-0.39, 0.29) is 0 Å². The fourth-order valence-electron chi connectivity index (χ4n) is 1.23. The van der Waals surface area contributed by atoms with Crippen molar-refractivity contribution in [3.05, 3.63) is 23.9 Å². The Labute approximate surface area is 89.9 Å². The lowest BCUT2D eigenvalue weighted by molar-refractivity contribution is 0.837. The fourth-order valence-corrected chi connectivity index (χ4v) is 1.36. The topological polar surface area (TPSA) is 42.1 Å². The monoisotopic (exact) mass is 209 g/mol. The van der Waals surface area contributed by atoms with Crippen LogP contribution < -0.4 is 10.6 Å². The predicted octanol–water partition coefficient (Wildman–Crippen LogP) is 1.56.